The van der Waals surface area contributed by atoms with Crippen LogP contribution in [0.25, 0.3) is 0 Å². The minimum Gasteiger partial charge on any atom is -0.491 e. The highest BCUT2D eigenvalue weighted by molar-refractivity contribution is 6.30. The van der Waals surface area contributed by atoms with Crippen molar-refractivity contribution in [2.45, 2.75) is 51.5 Å². The van der Waals surface area contributed by atoms with Crippen molar-refractivity contribution < 1.29 is 9.53 Å². The number of nitrogens with zero attached hydrogens (tertiary/aromatic N) is 1. The largest absolute Gasteiger partial charge is 0.491 e. The number of rotatable bonds is 4. The molecule has 3 rings (SSSR count). The molecular weight excluding hydrogens is 376 g/mol. The van der Waals surface area contributed by atoms with E-state index in [2.05, 4.69) is 29.6 Å². The highest BCUT2D eigenvalue weighted by Crippen LogP contribution is 2.33. The summed E-state index contributed by atoms with van der Waals surface area (Å²) in [6, 6.07) is 12.1. The monoisotopic (exact) mass is 404 g/mol. The van der Waals surface area contributed by atoms with Crippen molar-refractivity contribution in [1.29, 1.82) is 0 Å². The Kier molecular flexibility index (Phi) is 8.12. The van der Waals surface area contributed by atoms with Gasteiger partial charge in [0.15, 0.2) is 5.75 Å². The summed E-state index contributed by atoms with van der Waals surface area (Å²) in [6.45, 7) is 4.00. The molecule has 2 aromatic rings. The van der Waals surface area contributed by atoms with E-state index in [1.807, 2.05) is 19.9 Å². The van der Waals surface area contributed by atoms with E-state index in [0.717, 1.165) is 25.7 Å². The van der Waals surface area contributed by atoms with Gasteiger partial charge in [0.1, 0.15) is 5.15 Å². The average Bonchev–Trinajstić information content (AvgIpc) is 2.74. The number of methoxy groups -OCH3 is 1. The maximum atomic E-state index is 12.7. The molecule has 5 nitrogen and oxygen atoms in total. The molecule has 0 radical (unpaired) electrons. The number of carbonyl (C=O) groups is 1. The topological polar surface area (TPSA) is 60.3 Å². The number of nitrogens with one attached hydrogen (secondary N) is 1. The van der Waals surface area contributed by atoms with E-state index < -0.39 is 5.56 Å². The number of halogens is 1. The molecule has 1 aliphatic rings. The van der Waals surface area contributed by atoms with E-state index in [0.29, 0.717) is 5.92 Å². The van der Waals surface area contributed by atoms with Gasteiger partial charge in [-0.25, -0.2) is 0 Å². The molecule has 1 fully saturated rings. The van der Waals surface area contributed by atoms with Gasteiger partial charge in [-0.15, -0.1) is 0 Å². The lowest BCUT2D eigenvalue weighted by Crippen LogP contribution is -2.38. The number of aromatic nitrogens is 1. The van der Waals surface area contributed by atoms with E-state index in [9.17, 15) is 9.59 Å². The van der Waals surface area contributed by atoms with Gasteiger partial charge in [0.2, 0.25) is 0 Å². The zero-order valence-electron chi connectivity index (χ0n) is 17.0. The summed E-state index contributed by atoms with van der Waals surface area (Å²) >= 11 is 6.05. The van der Waals surface area contributed by atoms with Gasteiger partial charge in [-0.2, -0.15) is 0 Å². The Morgan fingerprint density at radius 1 is 1.14 bits per heavy atom. The summed E-state index contributed by atoms with van der Waals surface area (Å²) in [7, 11) is 2.92. The molecule has 1 aromatic carbocycles. The van der Waals surface area contributed by atoms with Crippen LogP contribution >= 0.6 is 11.6 Å². The predicted octanol–water partition coefficient (Wildman–Crippen LogP) is 4.53. The summed E-state index contributed by atoms with van der Waals surface area (Å²) in [6.07, 6.45) is 3.88. The third-order valence-electron chi connectivity index (χ3n) is 5.11. The summed E-state index contributed by atoms with van der Waals surface area (Å²) in [5.41, 5.74) is 1.13. The fourth-order valence-corrected chi connectivity index (χ4v) is 3.76. The molecule has 0 bridgehead atoms. The maximum absolute atomic E-state index is 12.7. The van der Waals surface area contributed by atoms with Gasteiger partial charge < -0.3 is 10.1 Å². The Labute approximate surface area is 171 Å². The van der Waals surface area contributed by atoms with E-state index in [1.54, 1.807) is 7.05 Å². The molecule has 1 aromatic heterocycles. The SMILES string of the molecule is CC.COc1c(C(=O)NC2CCC(c3ccccc3)CC2)cc(Cl)n(C)c1=O. The Balaban J connectivity index is 0.00000136. The highest BCUT2D eigenvalue weighted by atomic mass is 35.5. The third-order valence-corrected chi connectivity index (χ3v) is 5.47. The van der Waals surface area contributed by atoms with E-state index in [-0.39, 0.29) is 28.4 Å². The van der Waals surface area contributed by atoms with E-state index in [4.69, 9.17) is 16.3 Å². The Hall–Kier alpha value is -2.27. The van der Waals surface area contributed by atoms with Crippen LogP contribution in [0.4, 0.5) is 0 Å². The van der Waals surface area contributed by atoms with Crippen molar-refractivity contribution >= 4 is 17.5 Å². The average molecular weight is 405 g/mol. The molecule has 0 unspecified atom stereocenters. The van der Waals surface area contributed by atoms with Crippen LogP contribution in [0.1, 0.15) is 61.4 Å². The zero-order chi connectivity index (χ0) is 20.7. The molecule has 0 saturated heterocycles. The van der Waals surface area contributed by atoms with Gasteiger partial charge in [-0.05, 0) is 43.2 Å². The Morgan fingerprint density at radius 2 is 1.75 bits per heavy atom. The lowest BCUT2D eigenvalue weighted by molar-refractivity contribution is 0.0922. The quantitative estimate of drug-likeness (QED) is 0.761. The predicted molar refractivity (Wildman–Crippen MR) is 113 cm³/mol. The Morgan fingerprint density at radius 3 is 2.32 bits per heavy atom. The number of ether oxygens (including phenoxy) is 1. The molecule has 6 heteroatoms. The molecule has 0 atom stereocenters. The summed E-state index contributed by atoms with van der Waals surface area (Å²) < 4.78 is 6.40. The minimum absolute atomic E-state index is 0.0207. The van der Waals surface area contributed by atoms with Gasteiger partial charge in [0.05, 0.1) is 12.7 Å². The molecule has 152 valence electrons. The smallest absolute Gasteiger partial charge is 0.294 e. The number of pyridine rings is 1. The second-order valence-corrected chi connectivity index (χ2v) is 7.10. The first kappa shape index (κ1) is 22.0. The Bertz CT molecular complexity index is 841. The number of amides is 1. The van der Waals surface area contributed by atoms with Crippen molar-refractivity contribution in [3.05, 3.63) is 63.0 Å². The molecule has 0 aliphatic heterocycles. The lowest BCUT2D eigenvalue weighted by Gasteiger charge is -2.29. The maximum Gasteiger partial charge on any atom is 0.294 e. The van der Waals surface area contributed by atoms with Crippen LogP contribution in [0, 0.1) is 0 Å². The molecule has 1 aliphatic carbocycles. The van der Waals surface area contributed by atoms with Crippen LogP contribution in [-0.2, 0) is 7.05 Å². The normalized spacial score (nSPS) is 18.6. The van der Waals surface area contributed by atoms with Crippen LogP contribution in [0.15, 0.2) is 41.2 Å². The molecule has 0 spiro atoms. The van der Waals surface area contributed by atoms with E-state index >= 15 is 0 Å². The van der Waals surface area contributed by atoms with Crippen LogP contribution in [-0.4, -0.2) is 23.6 Å². The first-order valence-electron chi connectivity index (χ1n) is 9.80. The molecule has 1 N–H and O–H groups in total. The zero-order valence-corrected chi connectivity index (χ0v) is 17.8. The van der Waals surface area contributed by atoms with Gasteiger partial charge in [0, 0.05) is 13.1 Å². The summed E-state index contributed by atoms with van der Waals surface area (Å²) in [5, 5.41) is 3.23. The number of hydrogen-bond donors (Lipinski definition) is 1. The van der Waals surface area contributed by atoms with Gasteiger partial charge >= 0.3 is 0 Å². The molecule has 28 heavy (non-hydrogen) atoms. The van der Waals surface area contributed by atoms with Crippen molar-refractivity contribution in [1.82, 2.24) is 9.88 Å². The second-order valence-electron chi connectivity index (χ2n) is 6.71. The summed E-state index contributed by atoms with van der Waals surface area (Å²) in [5.74, 6) is 0.245. The minimum atomic E-state index is -0.419. The van der Waals surface area contributed by atoms with Gasteiger partial charge in [0.25, 0.3) is 11.5 Å². The fourth-order valence-electron chi connectivity index (χ4n) is 3.57. The van der Waals surface area contributed by atoms with Crippen LogP contribution < -0.4 is 15.6 Å². The van der Waals surface area contributed by atoms with Crippen molar-refractivity contribution in [2.24, 2.45) is 7.05 Å². The molecule has 1 heterocycles. The standard InChI is InChI=1S/C20H23ClN2O3.C2H6/c1-23-17(21)12-16(18(26-2)20(23)25)19(24)22-15-10-8-14(9-11-15)13-6-4-3-5-7-13;1-2/h3-7,12,14-15H,8-11H2,1-2H3,(H,22,24);1-2H3. The first-order chi connectivity index (χ1) is 13.5. The molecule has 1 amide bonds. The van der Waals surface area contributed by atoms with Crippen LogP contribution in [0.3, 0.4) is 0 Å². The third kappa shape index (κ3) is 4.96. The molecule has 1 saturated carbocycles. The van der Waals surface area contributed by atoms with Crippen molar-refractivity contribution in [2.75, 3.05) is 7.11 Å². The summed E-state index contributed by atoms with van der Waals surface area (Å²) in [4.78, 5) is 24.9. The van der Waals surface area contributed by atoms with Crippen LogP contribution in [0.5, 0.6) is 5.75 Å². The fraction of sp³-hybridized carbons (Fsp3) is 0.455. The van der Waals surface area contributed by atoms with Crippen molar-refractivity contribution in [3.8, 4) is 5.75 Å². The number of hydrogen-bond acceptors (Lipinski definition) is 3. The second kappa shape index (κ2) is 10.3. The van der Waals surface area contributed by atoms with Gasteiger partial charge in [-0.1, -0.05) is 55.8 Å². The van der Waals surface area contributed by atoms with Gasteiger partial charge in [-0.3, -0.25) is 14.2 Å². The molecular formula is C22H29ClN2O3. The van der Waals surface area contributed by atoms with Crippen molar-refractivity contribution in [3.63, 3.8) is 0 Å². The van der Waals surface area contributed by atoms with E-state index in [1.165, 1.54) is 23.3 Å². The highest BCUT2D eigenvalue weighted by Gasteiger charge is 2.26. The number of carbonyl (C=O) groups excluding carboxylic acids is 1. The number of benzene rings is 1. The lowest BCUT2D eigenvalue weighted by atomic mass is 9.82. The first-order valence-corrected chi connectivity index (χ1v) is 10.2. The van der Waals surface area contributed by atoms with Crippen LogP contribution in [0.2, 0.25) is 5.15 Å².